The highest BCUT2D eigenvalue weighted by Gasteiger charge is 2.35. The Hall–Kier alpha value is -3.23. The number of benzene rings is 2. The molecule has 4 rings (SSSR count). The van der Waals surface area contributed by atoms with Crippen LogP contribution >= 0.6 is 0 Å². The first-order valence-corrected chi connectivity index (χ1v) is 10.6. The molecule has 8 nitrogen and oxygen atoms in total. The third-order valence-corrected chi connectivity index (χ3v) is 5.73. The number of carbonyl (C=O) groups excluding carboxylic acids is 2. The zero-order valence-electron chi connectivity index (χ0n) is 18.5. The maximum atomic E-state index is 12.7. The lowest BCUT2D eigenvalue weighted by molar-refractivity contribution is -0.133. The SMILES string of the molecule is CC(C)(C)c1nc2ccccc2n1Cc1ccc(C(=O)N[C@@H]2COC[C@@H]2C(=O)NO)cc1. The first-order chi connectivity index (χ1) is 15.3. The van der Waals surface area contributed by atoms with Gasteiger partial charge in [0.2, 0.25) is 0 Å². The van der Waals surface area contributed by atoms with Crippen molar-refractivity contribution < 1.29 is 19.5 Å². The number of hydrogen-bond donors (Lipinski definition) is 3. The highest BCUT2D eigenvalue weighted by molar-refractivity contribution is 5.95. The summed E-state index contributed by atoms with van der Waals surface area (Å²) >= 11 is 0. The van der Waals surface area contributed by atoms with Crippen LogP contribution in [0.1, 0.15) is 42.5 Å². The van der Waals surface area contributed by atoms with Crippen LogP contribution in [-0.4, -0.2) is 45.8 Å². The molecule has 0 radical (unpaired) electrons. The van der Waals surface area contributed by atoms with Crippen LogP contribution in [0, 0.1) is 5.92 Å². The van der Waals surface area contributed by atoms with Gasteiger partial charge in [-0.05, 0) is 29.8 Å². The van der Waals surface area contributed by atoms with Crippen LogP contribution in [0.15, 0.2) is 48.5 Å². The average Bonchev–Trinajstić information content (AvgIpc) is 3.38. The molecule has 2 amide bonds. The zero-order chi connectivity index (χ0) is 22.9. The van der Waals surface area contributed by atoms with Crippen LogP contribution in [0.4, 0.5) is 0 Å². The van der Waals surface area contributed by atoms with Gasteiger partial charge in [-0.25, -0.2) is 10.5 Å². The van der Waals surface area contributed by atoms with Crippen molar-refractivity contribution in [3.8, 4) is 0 Å². The van der Waals surface area contributed by atoms with Crippen molar-refractivity contribution in [2.45, 2.75) is 38.8 Å². The fraction of sp³-hybridized carbons (Fsp3) is 0.375. The number of amides is 2. The van der Waals surface area contributed by atoms with Crippen molar-refractivity contribution >= 4 is 22.8 Å². The number of carbonyl (C=O) groups is 2. The normalized spacial score (nSPS) is 18.6. The van der Waals surface area contributed by atoms with E-state index in [1.54, 1.807) is 17.6 Å². The summed E-state index contributed by atoms with van der Waals surface area (Å²) in [5.74, 6) is -0.458. The number of ether oxygens (including phenoxy) is 1. The summed E-state index contributed by atoms with van der Waals surface area (Å²) in [7, 11) is 0. The van der Waals surface area contributed by atoms with E-state index in [1.807, 2.05) is 30.3 Å². The molecule has 168 valence electrons. The van der Waals surface area contributed by atoms with E-state index in [0.717, 1.165) is 22.4 Å². The molecule has 0 aliphatic carbocycles. The van der Waals surface area contributed by atoms with Crippen LogP contribution in [0.3, 0.4) is 0 Å². The average molecular weight is 437 g/mol. The van der Waals surface area contributed by atoms with Gasteiger partial charge < -0.3 is 14.6 Å². The molecule has 1 saturated heterocycles. The van der Waals surface area contributed by atoms with E-state index in [-0.39, 0.29) is 24.5 Å². The number of imidazole rings is 1. The summed E-state index contributed by atoms with van der Waals surface area (Å²) in [5, 5.41) is 11.7. The van der Waals surface area contributed by atoms with Gasteiger partial charge in [-0.15, -0.1) is 0 Å². The second kappa shape index (κ2) is 8.72. The summed E-state index contributed by atoms with van der Waals surface area (Å²) in [4.78, 5) is 29.2. The molecule has 2 aromatic carbocycles. The Bertz CT molecular complexity index is 1130. The highest BCUT2D eigenvalue weighted by Crippen LogP contribution is 2.27. The lowest BCUT2D eigenvalue weighted by Crippen LogP contribution is -2.45. The molecule has 8 heteroatoms. The Balaban J connectivity index is 1.51. The third kappa shape index (κ3) is 4.37. The Morgan fingerprint density at radius 2 is 1.84 bits per heavy atom. The van der Waals surface area contributed by atoms with E-state index in [9.17, 15) is 9.59 Å². The highest BCUT2D eigenvalue weighted by atomic mass is 16.5. The number of para-hydroxylation sites is 2. The first kappa shape index (κ1) is 22.0. The van der Waals surface area contributed by atoms with Gasteiger partial charge in [-0.2, -0.15) is 0 Å². The second-order valence-electron chi connectivity index (χ2n) is 9.16. The van der Waals surface area contributed by atoms with Crippen LogP contribution in [0.5, 0.6) is 0 Å². The lowest BCUT2D eigenvalue weighted by atomic mass is 9.95. The van der Waals surface area contributed by atoms with Crippen molar-refractivity contribution in [1.29, 1.82) is 0 Å². The number of nitrogens with zero attached hydrogens (tertiary/aromatic N) is 2. The molecule has 0 spiro atoms. The minimum Gasteiger partial charge on any atom is -0.378 e. The molecule has 0 bridgehead atoms. The maximum Gasteiger partial charge on any atom is 0.251 e. The molecular formula is C24H28N4O4. The van der Waals surface area contributed by atoms with Gasteiger partial charge in [0.05, 0.1) is 36.2 Å². The van der Waals surface area contributed by atoms with Gasteiger partial charge in [0.15, 0.2) is 0 Å². The summed E-state index contributed by atoms with van der Waals surface area (Å²) in [6.45, 7) is 7.47. The van der Waals surface area contributed by atoms with E-state index in [4.69, 9.17) is 14.9 Å². The van der Waals surface area contributed by atoms with Crippen molar-refractivity contribution in [2.75, 3.05) is 13.2 Å². The number of rotatable bonds is 5. The number of nitrogens with one attached hydrogen (secondary N) is 2. The van der Waals surface area contributed by atoms with Crippen molar-refractivity contribution in [1.82, 2.24) is 20.3 Å². The van der Waals surface area contributed by atoms with Gasteiger partial charge in [-0.3, -0.25) is 14.8 Å². The van der Waals surface area contributed by atoms with Gasteiger partial charge in [0.1, 0.15) is 5.82 Å². The van der Waals surface area contributed by atoms with E-state index < -0.39 is 17.9 Å². The van der Waals surface area contributed by atoms with Gasteiger partial charge in [0.25, 0.3) is 11.8 Å². The molecule has 3 N–H and O–H groups in total. The summed E-state index contributed by atoms with van der Waals surface area (Å²) < 4.78 is 7.51. The maximum absolute atomic E-state index is 12.7. The Kier molecular flexibility index (Phi) is 5.99. The molecule has 2 heterocycles. The number of fused-ring (bicyclic) bond motifs is 1. The largest absolute Gasteiger partial charge is 0.378 e. The molecule has 1 aliphatic rings. The molecular weight excluding hydrogens is 408 g/mol. The zero-order valence-corrected chi connectivity index (χ0v) is 18.5. The predicted molar refractivity (Wildman–Crippen MR) is 119 cm³/mol. The summed E-state index contributed by atoms with van der Waals surface area (Å²) in [6.07, 6.45) is 0. The standard InChI is InChI=1S/C24H28N4O4/c1-24(2,3)23-26-18-6-4-5-7-20(18)28(23)12-15-8-10-16(11-9-15)21(29)25-19-14-32-13-17(19)22(30)27-31/h4-11,17,19,31H,12-14H2,1-3H3,(H,25,29)(H,27,30)/t17-,19+/m0/s1. The monoisotopic (exact) mass is 436 g/mol. The molecule has 1 aliphatic heterocycles. The van der Waals surface area contributed by atoms with Gasteiger partial charge in [0, 0.05) is 17.5 Å². The smallest absolute Gasteiger partial charge is 0.251 e. The van der Waals surface area contributed by atoms with Gasteiger partial charge >= 0.3 is 0 Å². The van der Waals surface area contributed by atoms with Crippen LogP contribution in [-0.2, 0) is 21.5 Å². The third-order valence-electron chi connectivity index (χ3n) is 5.73. The molecule has 32 heavy (non-hydrogen) atoms. The Labute approximate surface area is 186 Å². The van der Waals surface area contributed by atoms with Crippen LogP contribution < -0.4 is 10.8 Å². The quantitative estimate of drug-likeness (QED) is 0.421. The number of aromatic nitrogens is 2. The van der Waals surface area contributed by atoms with E-state index >= 15 is 0 Å². The fourth-order valence-corrected chi connectivity index (χ4v) is 4.04. The van der Waals surface area contributed by atoms with Gasteiger partial charge in [-0.1, -0.05) is 45.0 Å². The minimum atomic E-state index is -0.617. The van der Waals surface area contributed by atoms with E-state index in [0.29, 0.717) is 12.1 Å². The molecule has 2 atom stereocenters. The number of hydroxylamine groups is 1. The van der Waals surface area contributed by atoms with Crippen molar-refractivity contribution in [3.63, 3.8) is 0 Å². The fourth-order valence-electron chi connectivity index (χ4n) is 4.04. The molecule has 1 aromatic heterocycles. The summed E-state index contributed by atoms with van der Waals surface area (Å²) in [5.41, 5.74) is 5.11. The topological polar surface area (TPSA) is 105 Å². The van der Waals surface area contributed by atoms with Crippen molar-refractivity contribution in [2.24, 2.45) is 5.92 Å². The number of hydrogen-bond acceptors (Lipinski definition) is 5. The second-order valence-corrected chi connectivity index (χ2v) is 9.16. The van der Waals surface area contributed by atoms with Crippen molar-refractivity contribution in [3.05, 3.63) is 65.5 Å². The molecule has 1 fully saturated rings. The first-order valence-electron chi connectivity index (χ1n) is 10.6. The van der Waals surface area contributed by atoms with E-state index in [2.05, 4.69) is 36.7 Å². The molecule has 0 saturated carbocycles. The van der Waals surface area contributed by atoms with Crippen LogP contribution in [0.25, 0.3) is 11.0 Å². The Morgan fingerprint density at radius 1 is 1.12 bits per heavy atom. The predicted octanol–water partition coefficient (Wildman–Crippen LogP) is 2.63. The molecule has 0 unspecified atom stereocenters. The van der Waals surface area contributed by atoms with E-state index in [1.165, 1.54) is 0 Å². The minimum absolute atomic E-state index is 0.112. The summed E-state index contributed by atoms with van der Waals surface area (Å²) in [6, 6.07) is 15.0. The molecule has 3 aromatic rings. The lowest BCUT2D eigenvalue weighted by Gasteiger charge is -2.20. The van der Waals surface area contributed by atoms with Crippen LogP contribution in [0.2, 0.25) is 0 Å². The Morgan fingerprint density at radius 3 is 2.53 bits per heavy atom.